The van der Waals surface area contributed by atoms with Crippen molar-refractivity contribution in [3.63, 3.8) is 0 Å². The van der Waals surface area contributed by atoms with Crippen LogP contribution in [0.2, 0.25) is 5.02 Å². The number of nitrogens with zero attached hydrogens (tertiary/aromatic N) is 2. The first kappa shape index (κ1) is 15.0. The molecular weight excluding hydrogens is 288 g/mol. The molecule has 0 saturated carbocycles. The molecular formula is C15H15ClN4O. The molecule has 1 aromatic carbocycles. The second-order valence-electron chi connectivity index (χ2n) is 4.39. The molecule has 1 aromatic heterocycles. The van der Waals surface area contributed by atoms with Crippen molar-refractivity contribution in [3.8, 4) is 0 Å². The molecule has 0 fully saturated rings. The van der Waals surface area contributed by atoms with E-state index in [0.717, 1.165) is 16.8 Å². The highest BCUT2D eigenvalue weighted by molar-refractivity contribution is 6.30. The van der Waals surface area contributed by atoms with Crippen LogP contribution in [0.4, 0.5) is 5.69 Å². The number of carbonyl (C=O) groups excluding carboxylic acids is 1. The Morgan fingerprint density at radius 1 is 1.43 bits per heavy atom. The monoisotopic (exact) mass is 302 g/mol. The van der Waals surface area contributed by atoms with Gasteiger partial charge in [0.15, 0.2) is 0 Å². The topological polar surface area (TPSA) is 66.4 Å². The molecule has 2 N–H and O–H groups in total. The van der Waals surface area contributed by atoms with Gasteiger partial charge in [0.2, 0.25) is 0 Å². The average molecular weight is 303 g/mol. The van der Waals surface area contributed by atoms with E-state index < -0.39 is 0 Å². The van der Waals surface area contributed by atoms with Crippen molar-refractivity contribution >= 4 is 29.4 Å². The Kier molecular flexibility index (Phi) is 5.29. The van der Waals surface area contributed by atoms with Gasteiger partial charge in [-0.1, -0.05) is 17.7 Å². The molecule has 2 rings (SSSR count). The van der Waals surface area contributed by atoms with Gasteiger partial charge in [-0.2, -0.15) is 5.10 Å². The highest BCUT2D eigenvalue weighted by Crippen LogP contribution is 2.19. The van der Waals surface area contributed by atoms with E-state index in [1.807, 2.05) is 25.1 Å². The first-order valence-electron chi connectivity index (χ1n) is 6.37. The summed E-state index contributed by atoms with van der Waals surface area (Å²) in [5.41, 5.74) is 5.11. The SMILES string of the molecule is Cc1cc(Cl)ccc1NCC(=O)N/N=C/c1cccnc1. The van der Waals surface area contributed by atoms with E-state index in [0.29, 0.717) is 5.02 Å². The Labute approximate surface area is 128 Å². The number of hydrogen-bond acceptors (Lipinski definition) is 4. The van der Waals surface area contributed by atoms with Crippen LogP contribution in [-0.2, 0) is 4.79 Å². The number of anilines is 1. The number of nitrogens with one attached hydrogen (secondary N) is 2. The van der Waals surface area contributed by atoms with Crippen molar-refractivity contribution in [2.75, 3.05) is 11.9 Å². The van der Waals surface area contributed by atoms with Crippen molar-refractivity contribution in [3.05, 3.63) is 58.9 Å². The number of aryl methyl sites for hydroxylation is 1. The minimum absolute atomic E-state index is 0.132. The number of halogens is 1. The number of aromatic nitrogens is 1. The highest BCUT2D eigenvalue weighted by atomic mass is 35.5. The molecule has 21 heavy (non-hydrogen) atoms. The van der Waals surface area contributed by atoms with E-state index in [2.05, 4.69) is 20.8 Å². The van der Waals surface area contributed by atoms with Crippen LogP contribution in [0.3, 0.4) is 0 Å². The summed E-state index contributed by atoms with van der Waals surface area (Å²) in [6.45, 7) is 2.06. The van der Waals surface area contributed by atoms with E-state index in [1.165, 1.54) is 0 Å². The molecule has 0 spiro atoms. The van der Waals surface area contributed by atoms with Crippen LogP contribution in [0, 0.1) is 6.92 Å². The molecule has 2 aromatic rings. The van der Waals surface area contributed by atoms with Gasteiger partial charge in [-0.3, -0.25) is 9.78 Å². The van der Waals surface area contributed by atoms with Crippen LogP contribution >= 0.6 is 11.6 Å². The molecule has 0 saturated heterocycles. The second kappa shape index (κ2) is 7.40. The van der Waals surface area contributed by atoms with Crippen LogP contribution < -0.4 is 10.7 Å². The average Bonchev–Trinajstić information content (AvgIpc) is 2.47. The van der Waals surface area contributed by atoms with Crippen LogP contribution in [0.25, 0.3) is 0 Å². The molecule has 0 bridgehead atoms. The summed E-state index contributed by atoms with van der Waals surface area (Å²) in [7, 11) is 0. The van der Waals surface area contributed by atoms with Crippen molar-refractivity contribution in [1.82, 2.24) is 10.4 Å². The minimum Gasteiger partial charge on any atom is -0.376 e. The molecule has 0 unspecified atom stereocenters. The van der Waals surface area contributed by atoms with Gasteiger partial charge in [0.25, 0.3) is 5.91 Å². The van der Waals surface area contributed by atoms with Gasteiger partial charge in [-0.05, 0) is 36.8 Å². The Morgan fingerprint density at radius 3 is 3.00 bits per heavy atom. The van der Waals surface area contributed by atoms with E-state index >= 15 is 0 Å². The van der Waals surface area contributed by atoms with Gasteiger partial charge in [0.05, 0.1) is 12.8 Å². The fourth-order valence-electron chi connectivity index (χ4n) is 1.67. The maximum absolute atomic E-state index is 11.7. The molecule has 6 heteroatoms. The number of rotatable bonds is 5. The largest absolute Gasteiger partial charge is 0.376 e. The lowest BCUT2D eigenvalue weighted by molar-refractivity contribution is -0.119. The number of pyridine rings is 1. The summed E-state index contributed by atoms with van der Waals surface area (Å²) < 4.78 is 0. The molecule has 108 valence electrons. The Morgan fingerprint density at radius 2 is 2.29 bits per heavy atom. The third-order valence-corrected chi connectivity index (χ3v) is 2.95. The summed E-state index contributed by atoms with van der Waals surface area (Å²) in [4.78, 5) is 15.6. The van der Waals surface area contributed by atoms with Gasteiger partial charge < -0.3 is 5.32 Å². The zero-order valence-electron chi connectivity index (χ0n) is 11.5. The zero-order chi connectivity index (χ0) is 15.1. The Bertz CT molecular complexity index is 643. The van der Waals surface area contributed by atoms with Crippen molar-refractivity contribution in [2.45, 2.75) is 6.92 Å². The summed E-state index contributed by atoms with van der Waals surface area (Å²) in [5, 5.41) is 7.57. The number of hydrogen-bond donors (Lipinski definition) is 2. The number of amides is 1. The highest BCUT2D eigenvalue weighted by Gasteiger charge is 2.02. The normalized spacial score (nSPS) is 10.6. The Balaban J connectivity index is 1.81. The number of hydrazone groups is 1. The Hall–Kier alpha value is -2.40. The third kappa shape index (κ3) is 4.89. The molecule has 1 heterocycles. The van der Waals surface area contributed by atoms with Crippen LogP contribution in [0.15, 0.2) is 47.8 Å². The van der Waals surface area contributed by atoms with Crippen molar-refractivity contribution in [2.24, 2.45) is 5.10 Å². The maximum atomic E-state index is 11.7. The zero-order valence-corrected chi connectivity index (χ0v) is 12.3. The van der Waals surface area contributed by atoms with E-state index in [-0.39, 0.29) is 12.5 Å². The van der Waals surface area contributed by atoms with Crippen LogP contribution in [0.5, 0.6) is 0 Å². The quantitative estimate of drug-likeness (QED) is 0.659. The van der Waals surface area contributed by atoms with Crippen LogP contribution in [0.1, 0.15) is 11.1 Å². The number of benzene rings is 1. The summed E-state index contributed by atoms with van der Waals surface area (Å²) in [6.07, 6.45) is 4.87. The van der Waals surface area contributed by atoms with Gasteiger partial charge >= 0.3 is 0 Å². The molecule has 0 aliphatic carbocycles. The van der Waals surface area contributed by atoms with Gasteiger partial charge in [0.1, 0.15) is 0 Å². The molecule has 5 nitrogen and oxygen atoms in total. The lowest BCUT2D eigenvalue weighted by Gasteiger charge is -2.08. The molecule has 0 aliphatic heterocycles. The second-order valence-corrected chi connectivity index (χ2v) is 4.83. The predicted molar refractivity (Wildman–Crippen MR) is 84.7 cm³/mol. The maximum Gasteiger partial charge on any atom is 0.259 e. The molecule has 1 amide bonds. The number of carbonyl (C=O) groups is 1. The lowest BCUT2D eigenvalue weighted by Crippen LogP contribution is -2.26. The fraction of sp³-hybridized carbons (Fsp3) is 0.133. The van der Waals surface area contributed by atoms with Crippen LogP contribution in [-0.4, -0.2) is 23.7 Å². The van der Waals surface area contributed by atoms with Gasteiger partial charge in [-0.25, -0.2) is 5.43 Å². The van der Waals surface area contributed by atoms with E-state index in [1.54, 1.807) is 30.7 Å². The third-order valence-electron chi connectivity index (χ3n) is 2.72. The van der Waals surface area contributed by atoms with Crippen molar-refractivity contribution in [1.29, 1.82) is 0 Å². The van der Waals surface area contributed by atoms with Gasteiger partial charge in [0, 0.05) is 28.7 Å². The summed E-state index contributed by atoms with van der Waals surface area (Å²) >= 11 is 5.88. The van der Waals surface area contributed by atoms with Gasteiger partial charge in [-0.15, -0.1) is 0 Å². The van der Waals surface area contributed by atoms with E-state index in [4.69, 9.17) is 11.6 Å². The van der Waals surface area contributed by atoms with E-state index in [9.17, 15) is 4.79 Å². The molecule has 0 radical (unpaired) electrons. The predicted octanol–water partition coefficient (Wildman–Crippen LogP) is 2.61. The molecule has 0 atom stereocenters. The minimum atomic E-state index is -0.232. The van der Waals surface area contributed by atoms with Crippen molar-refractivity contribution < 1.29 is 4.79 Å². The summed E-state index contributed by atoms with van der Waals surface area (Å²) in [6, 6.07) is 9.09. The standard InChI is InChI=1S/C15H15ClN4O/c1-11-7-13(16)4-5-14(11)18-10-15(21)20-19-9-12-3-2-6-17-8-12/h2-9,18H,10H2,1H3,(H,20,21)/b19-9+. The molecule has 0 aliphatic rings. The fourth-order valence-corrected chi connectivity index (χ4v) is 1.90. The smallest absolute Gasteiger partial charge is 0.259 e. The summed E-state index contributed by atoms with van der Waals surface area (Å²) in [5.74, 6) is -0.232. The lowest BCUT2D eigenvalue weighted by atomic mass is 10.2. The first-order valence-corrected chi connectivity index (χ1v) is 6.75. The first-order chi connectivity index (χ1) is 10.1.